The molecule has 2 heterocycles. The van der Waals surface area contributed by atoms with Crippen molar-refractivity contribution in [3.8, 4) is 0 Å². The third-order valence-corrected chi connectivity index (χ3v) is 4.11. The molecule has 0 bridgehead atoms. The molecular formula is C9H10N2O2S2. The molecule has 1 N–H and O–H groups in total. The summed E-state index contributed by atoms with van der Waals surface area (Å²) in [6, 6.07) is 1.76. The maximum Gasteiger partial charge on any atom is 0.296 e. The zero-order valence-electron chi connectivity index (χ0n) is 8.15. The molecule has 80 valence electrons. The Labute approximate surface area is 95.7 Å². The maximum atomic E-state index is 11.7. The molecule has 0 aliphatic carbocycles. The van der Waals surface area contributed by atoms with Crippen molar-refractivity contribution in [2.24, 2.45) is 0 Å². The first-order valence-corrected chi connectivity index (χ1v) is 6.35. The molecule has 1 aromatic rings. The van der Waals surface area contributed by atoms with Crippen LogP contribution in [0, 0.1) is 5.41 Å². The fourth-order valence-electron chi connectivity index (χ4n) is 1.31. The van der Waals surface area contributed by atoms with Crippen LogP contribution in [0.2, 0.25) is 0 Å². The van der Waals surface area contributed by atoms with Gasteiger partial charge in [-0.3, -0.25) is 10.2 Å². The first-order chi connectivity index (χ1) is 7.24. The van der Waals surface area contributed by atoms with E-state index in [1.807, 2.05) is 11.4 Å². The number of thiophene rings is 1. The van der Waals surface area contributed by atoms with Gasteiger partial charge in [0.15, 0.2) is 0 Å². The van der Waals surface area contributed by atoms with Crippen LogP contribution in [0.1, 0.15) is 6.92 Å². The van der Waals surface area contributed by atoms with E-state index in [0.717, 1.165) is 9.90 Å². The summed E-state index contributed by atoms with van der Waals surface area (Å²) in [6.45, 7) is 2.20. The zero-order valence-corrected chi connectivity index (χ0v) is 9.78. The van der Waals surface area contributed by atoms with Crippen LogP contribution in [0.15, 0.2) is 15.7 Å². The van der Waals surface area contributed by atoms with E-state index in [4.69, 9.17) is 10.1 Å². The number of fused-ring (bicyclic) bond motifs is 1. The molecule has 2 rings (SSSR count). The van der Waals surface area contributed by atoms with Crippen LogP contribution < -0.4 is 4.90 Å². The number of carbonyl (C=O) groups is 1. The second-order valence-electron chi connectivity index (χ2n) is 2.85. The van der Waals surface area contributed by atoms with Crippen molar-refractivity contribution < 1.29 is 9.53 Å². The summed E-state index contributed by atoms with van der Waals surface area (Å²) in [6.07, 6.45) is 0. The fraction of sp³-hybridized carbons (Fsp3) is 0.333. The molecule has 1 aliphatic heterocycles. The van der Waals surface area contributed by atoms with Crippen LogP contribution >= 0.6 is 23.1 Å². The number of nitrogens with one attached hydrogen (secondary N) is 1. The van der Waals surface area contributed by atoms with Crippen LogP contribution in [0.4, 0.5) is 5.69 Å². The van der Waals surface area contributed by atoms with Crippen LogP contribution in [0.3, 0.4) is 0 Å². The van der Waals surface area contributed by atoms with E-state index in [9.17, 15) is 4.79 Å². The molecule has 6 heteroatoms. The summed E-state index contributed by atoms with van der Waals surface area (Å²) in [5.74, 6) is 0.285. The highest BCUT2D eigenvalue weighted by atomic mass is 32.2. The summed E-state index contributed by atoms with van der Waals surface area (Å²) >= 11 is 3.10. The highest BCUT2D eigenvalue weighted by Gasteiger charge is 2.29. The molecule has 15 heavy (non-hydrogen) atoms. The SMILES string of the molecule is CCOC(=N)N1C(=O)CSc2sccc21. The third-order valence-electron chi connectivity index (χ3n) is 1.91. The Morgan fingerprint density at radius 3 is 3.27 bits per heavy atom. The Morgan fingerprint density at radius 2 is 2.53 bits per heavy atom. The lowest BCUT2D eigenvalue weighted by atomic mass is 10.4. The monoisotopic (exact) mass is 242 g/mol. The van der Waals surface area contributed by atoms with Crippen LogP contribution in [0.25, 0.3) is 0 Å². The average molecular weight is 242 g/mol. The van der Waals surface area contributed by atoms with Gasteiger partial charge in [-0.1, -0.05) is 0 Å². The first kappa shape index (κ1) is 10.5. The Balaban J connectivity index is 2.31. The van der Waals surface area contributed by atoms with E-state index in [1.54, 1.807) is 18.3 Å². The third kappa shape index (κ3) is 1.87. The van der Waals surface area contributed by atoms with Gasteiger partial charge in [0.25, 0.3) is 6.02 Å². The van der Waals surface area contributed by atoms with Gasteiger partial charge in [0.05, 0.1) is 22.3 Å². The summed E-state index contributed by atoms with van der Waals surface area (Å²) < 4.78 is 6.13. The molecular weight excluding hydrogens is 232 g/mol. The molecule has 0 aromatic carbocycles. The number of amides is 1. The van der Waals surface area contributed by atoms with Crippen LogP contribution in [0.5, 0.6) is 0 Å². The van der Waals surface area contributed by atoms with Gasteiger partial charge >= 0.3 is 0 Å². The number of carbonyl (C=O) groups excluding carboxylic acids is 1. The van der Waals surface area contributed by atoms with Crippen molar-refractivity contribution in [3.63, 3.8) is 0 Å². The Bertz CT molecular complexity index is 403. The minimum Gasteiger partial charge on any atom is -0.465 e. The quantitative estimate of drug-likeness (QED) is 0.606. The van der Waals surface area contributed by atoms with E-state index < -0.39 is 0 Å². The molecule has 0 unspecified atom stereocenters. The molecule has 0 spiro atoms. The van der Waals surface area contributed by atoms with Crippen LogP contribution in [-0.2, 0) is 9.53 Å². The summed E-state index contributed by atoms with van der Waals surface area (Å²) in [5, 5.41) is 9.58. The standard InChI is InChI=1S/C9H10N2O2S2/c1-2-13-9(10)11-6-3-4-14-8(6)15-5-7(11)12/h3-4,10H,2,5H2,1H3. The molecule has 4 nitrogen and oxygen atoms in total. The lowest BCUT2D eigenvalue weighted by Crippen LogP contribution is -2.40. The van der Waals surface area contributed by atoms with Crippen molar-refractivity contribution in [1.29, 1.82) is 5.41 Å². The highest BCUT2D eigenvalue weighted by molar-refractivity contribution is 8.02. The molecule has 0 saturated carbocycles. The fourth-order valence-corrected chi connectivity index (χ4v) is 3.22. The second-order valence-corrected chi connectivity index (χ2v) is 5.01. The smallest absolute Gasteiger partial charge is 0.296 e. The molecule has 0 fully saturated rings. The van der Waals surface area contributed by atoms with Crippen LogP contribution in [-0.4, -0.2) is 24.3 Å². The van der Waals surface area contributed by atoms with Gasteiger partial charge in [-0.25, -0.2) is 4.90 Å². The van der Waals surface area contributed by atoms with Crippen molar-refractivity contribution in [2.75, 3.05) is 17.3 Å². The first-order valence-electron chi connectivity index (χ1n) is 4.48. The summed E-state index contributed by atoms with van der Waals surface area (Å²) in [5.41, 5.74) is 0.778. The predicted octanol–water partition coefficient (Wildman–Crippen LogP) is 2.16. The normalized spacial score (nSPS) is 15.0. The van der Waals surface area contributed by atoms with Gasteiger partial charge in [0.2, 0.25) is 5.91 Å². The van der Waals surface area contributed by atoms with E-state index in [0.29, 0.717) is 12.4 Å². The highest BCUT2D eigenvalue weighted by Crippen LogP contribution is 2.39. The Hall–Kier alpha value is -1.01. The maximum absolute atomic E-state index is 11.7. The summed E-state index contributed by atoms with van der Waals surface area (Å²) in [7, 11) is 0. The lowest BCUT2D eigenvalue weighted by Gasteiger charge is -2.25. The Morgan fingerprint density at radius 1 is 1.73 bits per heavy atom. The zero-order chi connectivity index (χ0) is 10.8. The number of anilines is 1. The predicted molar refractivity (Wildman–Crippen MR) is 61.9 cm³/mol. The average Bonchev–Trinajstić information content (AvgIpc) is 2.65. The minimum absolute atomic E-state index is 0.0811. The van der Waals surface area contributed by atoms with Gasteiger partial charge < -0.3 is 4.74 Å². The van der Waals surface area contributed by atoms with Gasteiger partial charge in [-0.15, -0.1) is 23.1 Å². The van der Waals surface area contributed by atoms with E-state index >= 15 is 0 Å². The van der Waals surface area contributed by atoms with Gasteiger partial charge in [0, 0.05) is 0 Å². The van der Waals surface area contributed by atoms with E-state index in [2.05, 4.69) is 0 Å². The van der Waals surface area contributed by atoms with Gasteiger partial charge in [-0.2, -0.15) is 0 Å². The Kier molecular flexibility index (Phi) is 2.97. The molecule has 1 aliphatic rings. The number of nitrogens with zero attached hydrogens (tertiary/aromatic N) is 1. The topological polar surface area (TPSA) is 53.4 Å². The molecule has 0 atom stereocenters. The van der Waals surface area contributed by atoms with Crippen molar-refractivity contribution in [3.05, 3.63) is 11.4 Å². The van der Waals surface area contributed by atoms with Gasteiger partial charge in [-0.05, 0) is 18.4 Å². The number of thioether (sulfide) groups is 1. The van der Waals surface area contributed by atoms with E-state index in [-0.39, 0.29) is 11.9 Å². The number of hydrogen-bond acceptors (Lipinski definition) is 5. The number of amidine groups is 1. The van der Waals surface area contributed by atoms with Gasteiger partial charge in [0.1, 0.15) is 0 Å². The minimum atomic E-state index is -0.0932. The number of ether oxygens (including phenoxy) is 1. The van der Waals surface area contributed by atoms with Crippen molar-refractivity contribution in [2.45, 2.75) is 11.1 Å². The lowest BCUT2D eigenvalue weighted by molar-refractivity contribution is -0.115. The molecule has 0 radical (unpaired) electrons. The molecule has 1 aromatic heterocycles. The largest absolute Gasteiger partial charge is 0.465 e. The summed E-state index contributed by atoms with van der Waals surface area (Å²) in [4.78, 5) is 13.0. The van der Waals surface area contributed by atoms with Crippen molar-refractivity contribution in [1.82, 2.24) is 0 Å². The number of hydrogen-bond donors (Lipinski definition) is 1. The van der Waals surface area contributed by atoms with E-state index in [1.165, 1.54) is 16.7 Å². The molecule has 0 saturated heterocycles. The van der Waals surface area contributed by atoms with Crippen molar-refractivity contribution >= 4 is 40.7 Å². The molecule has 1 amide bonds. The second kappa shape index (κ2) is 4.24. The number of rotatable bonds is 1.